The molecule has 2 rings (SSSR count). The topological polar surface area (TPSA) is 75.2 Å². The van der Waals surface area contributed by atoms with Gasteiger partial charge in [0.2, 0.25) is 5.91 Å². The summed E-state index contributed by atoms with van der Waals surface area (Å²) in [5.41, 5.74) is 1.65. The number of aromatic nitrogens is 2. The van der Waals surface area contributed by atoms with Crippen molar-refractivity contribution < 1.29 is 9.59 Å². The first-order valence-electron chi connectivity index (χ1n) is 7.31. The number of para-hydroxylation sites is 2. The molecule has 0 aliphatic heterocycles. The van der Waals surface area contributed by atoms with Crippen molar-refractivity contribution >= 4 is 22.8 Å². The minimum absolute atomic E-state index is 0.0159. The quantitative estimate of drug-likeness (QED) is 0.910. The second kappa shape index (κ2) is 6.98. The third-order valence-electron chi connectivity index (χ3n) is 3.12. The van der Waals surface area contributed by atoms with Crippen molar-refractivity contribution in [2.75, 3.05) is 13.1 Å². The van der Waals surface area contributed by atoms with E-state index in [2.05, 4.69) is 15.3 Å². The third-order valence-corrected chi connectivity index (χ3v) is 3.12. The van der Waals surface area contributed by atoms with Crippen LogP contribution in [0.4, 0.5) is 0 Å². The number of benzene rings is 1. The SMILES string of the molecule is CCN(CC(=O)NC(C)C)C(=O)c1cnc2ccccc2n1. The summed E-state index contributed by atoms with van der Waals surface area (Å²) in [6, 6.07) is 7.40. The van der Waals surface area contributed by atoms with E-state index < -0.39 is 0 Å². The summed E-state index contributed by atoms with van der Waals surface area (Å²) in [7, 11) is 0. The molecule has 6 heteroatoms. The zero-order chi connectivity index (χ0) is 16.1. The lowest BCUT2D eigenvalue weighted by Gasteiger charge is -2.20. The molecule has 0 aliphatic rings. The Balaban J connectivity index is 2.17. The monoisotopic (exact) mass is 300 g/mol. The molecule has 0 spiro atoms. The lowest BCUT2D eigenvalue weighted by molar-refractivity contribution is -0.122. The number of rotatable bonds is 5. The minimum atomic E-state index is -0.292. The molecule has 0 bridgehead atoms. The van der Waals surface area contributed by atoms with Gasteiger partial charge in [0.05, 0.1) is 23.8 Å². The van der Waals surface area contributed by atoms with Crippen LogP contribution in [-0.4, -0.2) is 45.8 Å². The van der Waals surface area contributed by atoms with Crippen molar-refractivity contribution in [1.82, 2.24) is 20.2 Å². The van der Waals surface area contributed by atoms with Gasteiger partial charge in [0.15, 0.2) is 0 Å². The van der Waals surface area contributed by atoms with Crippen molar-refractivity contribution in [2.45, 2.75) is 26.8 Å². The second-order valence-corrected chi connectivity index (χ2v) is 5.29. The maximum absolute atomic E-state index is 12.5. The van der Waals surface area contributed by atoms with E-state index in [0.29, 0.717) is 12.1 Å². The maximum atomic E-state index is 12.5. The van der Waals surface area contributed by atoms with Crippen molar-refractivity contribution in [3.63, 3.8) is 0 Å². The van der Waals surface area contributed by atoms with Crippen LogP contribution in [0.3, 0.4) is 0 Å². The van der Waals surface area contributed by atoms with Crippen molar-refractivity contribution in [3.8, 4) is 0 Å². The predicted molar refractivity (Wildman–Crippen MR) is 84.4 cm³/mol. The van der Waals surface area contributed by atoms with E-state index >= 15 is 0 Å². The van der Waals surface area contributed by atoms with Gasteiger partial charge in [0.25, 0.3) is 5.91 Å². The van der Waals surface area contributed by atoms with Gasteiger partial charge in [-0.15, -0.1) is 0 Å². The Morgan fingerprint density at radius 1 is 1.23 bits per heavy atom. The summed E-state index contributed by atoms with van der Waals surface area (Å²) in [4.78, 5) is 34.3. The Morgan fingerprint density at radius 2 is 1.91 bits per heavy atom. The second-order valence-electron chi connectivity index (χ2n) is 5.29. The highest BCUT2D eigenvalue weighted by Gasteiger charge is 2.19. The third kappa shape index (κ3) is 3.78. The highest BCUT2D eigenvalue weighted by molar-refractivity contribution is 5.96. The van der Waals surface area contributed by atoms with Gasteiger partial charge in [-0.2, -0.15) is 0 Å². The van der Waals surface area contributed by atoms with E-state index in [1.54, 1.807) is 6.07 Å². The average molecular weight is 300 g/mol. The van der Waals surface area contributed by atoms with Crippen LogP contribution in [-0.2, 0) is 4.79 Å². The molecule has 0 saturated heterocycles. The summed E-state index contributed by atoms with van der Waals surface area (Å²) in [6.45, 7) is 6.03. The van der Waals surface area contributed by atoms with Gasteiger partial charge >= 0.3 is 0 Å². The first-order chi connectivity index (χ1) is 10.5. The number of fused-ring (bicyclic) bond motifs is 1. The number of hydrogen-bond donors (Lipinski definition) is 1. The molecule has 6 nitrogen and oxygen atoms in total. The highest BCUT2D eigenvalue weighted by Crippen LogP contribution is 2.10. The van der Waals surface area contributed by atoms with Gasteiger partial charge in [-0.05, 0) is 32.9 Å². The lowest BCUT2D eigenvalue weighted by Crippen LogP contribution is -2.42. The Kier molecular flexibility index (Phi) is 5.04. The molecular formula is C16H20N4O2. The van der Waals surface area contributed by atoms with Gasteiger partial charge in [-0.1, -0.05) is 12.1 Å². The fraction of sp³-hybridized carbons (Fsp3) is 0.375. The molecule has 1 N–H and O–H groups in total. The molecular weight excluding hydrogens is 280 g/mol. The summed E-state index contributed by atoms with van der Waals surface area (Å²) < 4.78 is 0. The Bertz CT molecular complexity index is 685. The number of amides is 2. The number of hydrogen-bond acceptors (Lipinski definition) is 4. The number of carbonyl (C=O) groups is 2. The van der Waals surface area contributed by atoms with Gasteiger partial charge < -0.3 is 10.2 Å². The molecule has 0 aliphatic carbocycles. The van der Waals surface area contributed by atoms with Crippen LogP contribution in [0.25, 0.3) is 11.0 Å². The molecule has 1 heterocycles. The average Bonchev–Trinajstić information content (AvgIpc) is 2.50. The maximum Gasteiger partial charge on any atom is 0.274 e. The van der Waals surface area contributed by atoms with E-state index in [-0.39, 0.29) is 30.1 Å². The normalized spacial score (nSPS) is 10.7. The van der Waals surface area contributed by atoms with Crippen molar-refractivity contribution in [1.29, 1.82) is 0 Å². The zero-order valence-electron chi connectivity index (χ0n) is 13.0. The minimum Gasteiger partial charge on any atom is -0.352 e. The van der Waals surface area contributed by atoms with E-state index in [9.17, 15) is 9.59 Å². The molecule has 0 radical (unpaired) electrons. The lowest BCUT2D eigenvalue weighted by atomic mass is 10.3. The van der Waals surface area contributed by atoms with Crippen LogP contribution in [0.5, 0.6) is 0 Å². The summed E-state index contributed by atoms with van der Waals surface area (Å²) in [6.07, 6.45) is 1.45. The van der Waals surface area contributed by atoms with E-state index in [1.807, 2.05) is 39.0 Å². The summed E-state index contributed by atoms with van der Waals surface area (Å²) in [5.74, 6) is -0.474. The zero-order valence-corrected chi connectivity index (χ0v) is 13.0. The van der Waals surface area contributed by atoms with Crippen LogP contribution in [0, 0.1) is 0 Å². The molecule has 116 valence electrons. The number of likely N-dealkylation sites (N-methyl/N-ethyl adjacent to an activating group) is 1. The fourth-order valence-corrected chi connectivity index (χ4v) is 2.09. The van der Waals surface area contributed by atoms with Crippen LogP contribution in [0.1, 0.15) is 31.3 Å². The predicted octanol–water partition coefficient (Wildman–Crippen LogP) is 1.62. The number of nitrogens with one attached hydrogen (secondary N) is 1. The van der Waals surface area contributed by atoms with Gasteiger partial charge in [0, 0.05) is 12.6 Å². The number of carbonyl (C=O) groups excluding carboxylic acids is 2. The summed E-state index contributed by atoms with van der Waals surface area (Å²) in [5, 5.41) is 2.77. The molecule has 2 aromatic rings. The Labute approximate surface area is 129 Å². The van der Waals surface area contributed by atoms with Crippen molar-refractivity contribution in [2.24, 2.45) is 0 Å². The Morgan fingerprint density at radius 3 is 2.55 bits per heavy atom. The van der Waals surface area contributed by atoms with Gasteiger partial charge in [-0.25, -0.2) is 4.98 Å². The summed E-state index contributed by atoms with van der Waals surface area (Å²) >= 11 is 0. The number of nitrogens with zero attached hydrogens (tertiary/aromatic N) is 3. The van der Waals surface area contributed by atoms with Crippen LogP contribution in [0.15, 0.2) is 30.5 Å². The van der Waals surface area contributed by atoms with Gasteiger partial charge in [0.1, 0.15) is 5.69 Å². The Hall–Kier alpha value is -2.50. The molecule has 22 heavy (non-hydrogen) atoms. The molecule has 2 amide bonds. The largest absolute Gasteiger partial charge is 0.352 e. The molecule has 0 fully saturated rings. The van der Waals surface area contributed by atoms with Crippen LogP contribution >= 0.6 is 0 Å². The molecule has 0 unspecified atom stereocenters. The molecule has 0 saturated carbocycles. The smallest absolute Gasteiger partial charge is 0.274 e. The van der Waals surface area contributed by atoms with E-state index in [4.69, 9.17) is 0 Å². The highest BCUT2D eigenvalue weighted by atomic mass is 16.2. The van der Waals surface area contributed by atoms with E-state index in [1.165, 1.54) is 11.1 Å². The first kappa shape index (κ1) is 15.9. The van der Waals surface area contributed by atoms with Crippen molar-refractivity contribution in [3.05, 3.63) is 36.2 Å². The molecule has 1 aromatic carbocycles. The molecule has 0 atom stereocenters. The molecule has 1 aromatic heterocycles. The van der Waals surface area contributed by atoms with Gasteiger partial charge in [-0.3, -0.25) is 14.6 Å². The standard InChI is InChI=1S/C16H20N4O2/c1-4-20(10-15(21)18-11(2)3)16(22)14-9-17-12-7-5-6-8-13(12)19-14/h5-9,11H,4,10H2,1-3H3,(H,18,21). The van der Waals surface area contributed by atoms with E-state index in [0.717, 1.165) is 5.52 Å². The fourth-order valence-electron chi connectivity index (χ4n) is 2.09. The van der Waals surface area contributed by atoms with Crippen LogP contribution in [0.2, 0.25) is 0 Å². The first-order valence-corrected chi connectivity index (χ1v) is 7.31. The van der Waals surface area contributed by atoms with Crippen LogP contribution < -0.4 is 5.32 Å².